The third-order valence-corrected chi connectivity index (χ3v) is 4.54. The Balaban J connectivity index is 1.66. The molecular formula is C18H26N2O. The molecule has 3 atom stereocenters. The molecule has 114 valence electrons. The molecule has 0 aliphatic heterocycles. The second kappa shape index (κ2) is 8.17. The van der Waals surface area contributed by atoms with Crippen LogP contribution in [0.3, 0.4) is 0 Å². The van der Waals surface area contributed by atoms with Gasteiger partial charge in [-0.2, -0.15) is 5.26 Å². The fourth-order valence-corrected chi connectivity index (χ4v) is 3.26. The van der Waals surface area contributed by atoms with Crippen LogP contribution < -0.4 is 5.32 Å². The number of nitrogens with zero attached hydrogens (tertiary/aromatic N) is 1. The lowest BCUT2D eigenvalue weighted by atomic mass is 9.81. The monoisotopic (exact) mass is 286 g/mol. The first-order chi connectivity index (χ1) is 10.2. The molecule has 1 aromatic carbocycles. The minimum absolute atomic E-state index is 0.497. The predicted octanol–water partition coefficient (Wildman–Crippen LogP) is 3.40. The Bertz CT molecular complexity index is 463. The minimum Gasteiger partial charge on any atom is -0.387 e. The fourth-order valence-electron chi connectivity index (χ4n) is 3.26. The summed E-state index contributed by atoms with van der Waals surface area (Å²) in [5.74, 6) is 1.74. The van der Waals surface area contributed by atoms with E-state index in [2.05, 4.69) is 18.3 Å². The maximum absolute atomic E-state index is 10.1. The van der Waals surface area contributed by atoms with Gasteiger partial charge in [-0.3, -0.25) is 0 Å². The highest BCUT2D eigenvalue weighted by Gasteiger charge is 2.18. The van der Waals surface area contributed by atoms with Gasteiger partial charge >= 0.3 is 0 Å². The molecule has 0 amide bonds. The van der Waals surface area contributed by atoms with Crippen molar-refractivity contribution in [1.29, 1.82) is 5.26 Å². The minimum atomic E-state index is -0.497. The van der Waals surface area contributed by atoms with E-state index < -0.39 is 6.10 Å². The van der Waals surface area contributed by atoms with Gasteiger partial charge in [-0.1, -0.05) is 38.3 Å². The highest BCUT2D eigenvalue weighted by atomic mass is 16.3. The van der Waals surface area contributed by atoms with Crippen molar-refractivity contribution < 1.29 is 5.11 Å². The molecule has 0 saturated heterocycles. The average molecular weight is 286 g/mol. The molecule has 0 bridgehead atoms. The lowest BCUT2D eigenvalue weighted by Gasteiger charge is -2.26. The van der Waals surface area contributed by atoms with Gasteiger partial charge in [-0.05, 0) is 48.9 Å². The largest absolute Gasteiger partial charge is 0.387 e. The number of hydrogen-bond donors (Lipinski definition) is 2. The van der Waals surface area contributed by atoms with Gasteiger partial charge in [0.05, 0.1) is 17.7 Å². The Kier molecular flexibility index (Phi) is 6.22. The summed E-state index contributed by atoms with van der Waals surface area (Å²) in [4.78, 5) is 0. The fraction of sp³-hybridized carbons (Fsp3) is 0.611. The molecule has 1 saturated carbocycles. The Morgan fingerprint density at radius 3 is 2.76 bits per heavy atom. The number of hydrogen-bond acceptors (Lipinski definition) is 3. The normalized spacial score (nSPS) is 23.5. The average Bonchev–Trinajstić information content (AvgIpc) is 2.51. The van der Waals surface area contributed by atoms with Crippen molar-refractivity contribution in [3.63, 3.8) is 0 Å². The van der Waals surface area contributed by atoms with Crippen LogP contribution in [0.1, 0.15) is 56.3 Å². The zero-order valence-electron chi connectivity index (χ0n) is 12.9. The van der Waals surface area contributed by atoms with Crippen LogP contribution in [-0.2, 0) is 0 Å². The van der Waals surface area contributed by atoms with E-state index >= 15 is 0 Å². The lowest BCUT2D eigenvalue weighted by molar-refractivity contribution is 0.172. The van der Waals surface area contributed by atoms with Gasteiger partial charge in [0.2, 0.25) is 0 Å². The number of rotatable bonds is 6. The van der Waals surface area contributed by atoms with Gasteiger partial charge in [0.25, 0.3) is 0 Å². The van der Waals surface area contributed by atoms with E-state index in [1.165, 1.54) is 32.1 Å². The Morgan fingerprint density at radius 1 is 1.33 bits per heavy atom. The topological polar surface area (TPSA) is 56.0 Å². The zero-order valence-corrected chi connectivity index (χ0v) is 12.9. The Hall–Kier alpha value is -1.37. The molecule has 1 aliphatic rings. The second-order valence-electron chi connectivity index (χ2n) is 6.38. The third kappa shape index (κ3) is 5.15. The molecule has 1 fully saturated rings. The van der Waals surface area contributed by atoms with Crippen LogP contribution in [0.5, 0.6) is 0 Å². The van der Waals surface area contributed by atoms with E-state index in [0.717, 1.165) is 23.9 Å². The standard InChI is InChI=1S/C18H26N2O/c1-14-3-2-4-15(11-14)9-10-20-13-18(21)17-7-5-16(12-19)6-8-17/h5-8,14-15,18,20-21H,2-4,9-11,13H2,1H3. The molecule has 0 aromatic heterocycles. The number of aliphatic hydroxyl groups is 1. The van der Waals surface area contributed by atoms with Gasteiger partial charge in [-0.15, -0.1) is 0 Å². The molecule has 2 N–H and O–H groups in total. The third-order valence-electron chi connectivity index (χ3n) is 4.54. The summed E-state index contributed by atoms with van der Waals surface area (Å²) < 4.78 is 0. The summed E-state index contributed by atoms with van der Waals surface area (Å²) >= 11 is 0. The van der Waals surface area contributed by atoms with E-state index in [4.69, 9.17) is 5.26 Å². The van der Waals surface area contributed by atoms with Crippen molar-refractivity contribution in [3.8, 4) is 6.07 Å². The van der Waals surface area contributed by atoms with Crippen LogP contribution in [0.25, 0.3) is 0 Å². The summed E-state index contributed by atoms with van der Waals surface area (Å²) in [7, 11) is 0. The van der Waals surface area contributed by atoms with Crippen molar-refractivity contribution in [2.75, 3.05) is 13.1 Å². The lowest BCUT2D eigenvalue weighted by Crippen LogP contribution is -2.25. The van der Waals surface area contributed by atoms with E-state index in [1.54, 1.807) is 12.1 Å². The summed E-state index contributed by atoms with van der Waals surface area (Å²) in [5, 5.41) is 22.2. The number of nitriles is 1. The number of benzene rings is 1. The summed E-state index contributed by atoms with van der Waals surface area (Å²) in [5.41, 5.74) is 1.50. The Morgan fingerprint density at radius 2 is 2.10 bits per heavy atom. The van der Waals surface area contributed by atoms with Gasteiger partial charge in [0.1, 0.15) is 0 Å². The number of aliphatic hydroxyl groups excluding tert-OH is 1. The van der Waals surface area contributed by atoms with Gasteiger partial charge in [0.15, 0.2) is 0 Å². The highest BCUT2D eigenvalue weighted by molar-refractivity contribution is 5.32. The quantitative estimate of drug-likeness (QED) is 0.788. The van der Waals surface area contributed by atoms with Crippen LogP contribution in [0.4, 0.5) is 0 Å². The molecule has 1 aliphatic carbocycles. The first kappa shape index (κ1) is 16.0. The zero-order chi connectivity index (χ0) is 15.1. The van der Waals surface area contributed by atoms with Crippen LogP contribution in [0, 0.1) is 23.2 Å². The molecule has 0 radical (unpaired) electrons. The van der Waals surface area contributed by atoms with E-state index in [9.17, 15) is 5.11 Å². The summed E-state index contributed by atoms with van der Waals surface area (Å²) in [6.07, 6.45) is 6.21. The summed E-state index contributed by atoms with van der Waals surface area (Å²) in [6, 6.07) is 9.25. The Labute approximate surface area is 128 Å². The maximum Gasteiger partial charge on any atom is 0.0991 e. The molecule has 3 heteroatoms. The van der Waals surface area contributed by atoms with Gasteiger partial charge < -0.3 is 10.4 Å². The highest BCUT2D eigenvalue weighted by Crippen LogP contribution is 2.30. The van der Waals surface area contributed by atoms with E-state index in [1.807, 2.05) is 12.1 Å². The van der Waals surface area contributed by atoms with Crippen LogP contribution >= 0.6 is 0 Å². The van der Waals surface area contributed by atoms with E-state index in [-0.39, 0.29) is 0 Å². The van der Waals surface area contributed by atoms with Crippen LogP contribution in [0.15, 0.2) is 24.3 Å². The summed E-state index contributed by atoms with van der Waals surface area (Å²) in [6.45, 7) is 3.91. The van der Waals surface area contributed by atoms with Gasteiger partial charge in [-0.25, -0.2) is 0 Å². The first-order valence-electron chi connectivity index (χ1n) is 8.08. The maximum atomic E-state index is 10.1. The van der Waals surface area contributed by atoms with E-state index in [0.29, 0.717) is 12.1 Å². The van der Waals surface area contributed by atoms with Crippen molar-refractivity contribution in [2.24, 2.45) is 11.8 Å². The van der Waals surface area contributed by atoms with Crippen LogP contribution in [0.2, 0.25) is 0 Å². The number of nitrogens with one attached hydrogen (secondary N) is 1. The molecular weight excluding hydrogens is 260 g/mol. The van der Waals surface area contributed by atoms with Crippen molar-refractivity contribution >= 4 is 0 Å². The predicted molar refractivity (Wildman–Crippen MR) is 84.7 cm³/mol. The van der Waals surface area contributed by atoms with Gasteiger partial charge in [0, 0.05) is 6.54 Å². The molecule has 0 spiro atoms. The smallest absolute Gasteiger partial charge is 0.0991 e. The van der Waals surface area contributed by atoms with Crippen molar-refractivity contribution in [1.82, 2.24) is 5.32 Å². The molecule has 3 nitrogen and oxygen atoms in total. The molecule has 2 rings (SSSR count). The SMILES string of the molecule is CC1CCCC(CCNCC(O)c2ccc(C#N)cc2)C1. The molecule has 21 heavy (non-hydrogen) atoms. The second-order valence-corrected chi connectivity index (χ2v) is 6.38. The molecule has 3 unspecified atom stereocenters. The molecule has 1 aromatic rings. The molecule has 0 heterocycles. The van der Waals surface area contributed by atoms with Crippen LogP contribution in [-0.4, -0.2) is 18.2 Å². The first-order valence-corrected chi connectivity index (χ1v) is 8.08. The van der Waals surface area contributed by atoms with Crippen molar-refractivity contribution in [3.05, 3.63) is 35.4 Å². The van der Waals surface area contributed by atoms with Crippen molar-refractivity contribution in [2.45, 2.75) is 45.1 Å².